The highest BCUT2D eigenvalue weighted by atomic mass is 32.2. The lowest BCUT2D eigenvalue weighted by atomic mass is 10.1. The highest BCUT2D eigenvalue weighted by Gasteiger charge is 2.26. The van der Waals surface area contributed by atoms with Gasteiger partial charge in [0, 0.05) is 25.5 Å². The van der Waals surface area contributed by atoms with Gasteiger partial charge in [-0.2, -0.15) is 5.10 Å². The Bertz CT molecular complexity index is 726. The summed E-state index contributed by atoms with van der Waals surface area (Å²) >= 11 is 0. The SMILES string of the molecule is CCS(=O)(=O)c1ccccc1N1CCC[C@@H](n2cccn2)C1. The van der Waals surface area contributed by atoms with E-state index in [9.17, 15) is 8.42 Å². The van der Waals surface area contributed by atoms with Crippen LogP contribution in [0.3, 0.4) is 0 Å². The fraction of sp³-hybridized carbons (Fsp3) is 0.438. The summed E-state index contributed by atoms with van der Waals surface area (Å²) in [4.78, 5) is 2.62. The Labute approximate surface area is 131 Å². The van der Waals surface area contributed by atoms with Crippen LogP contribution in [-0.2, 0) is 9.84 Å². The van der Waals surface area contributed by atoms with E-state index in [1.54, 1.807) is 25.3 Å². The zero-order valence-electron chi connectivity index (χ0n) is 12.7. The number of hydrogen-bond acceptors (Lipinski definition) is 4. The monoisotopic (exact) mass is 319 g/mol. The van der Waals surface area contributed by atoms with Crippen LogP contribution < -0.4 is 4.90 Å². The van der Waals surface area contributed by atoms with E-state index >= 15 is 0 Å². The highest BCUT2D eigenvalue weighted by Crippen LogP contribution is 2.31. The maximum Gasteiger partial charge on any atom is 0.180 e. The molecule has 1 atom stereocenters. The molecule has 2 heterocycles. The van der Waals surface area contributed by atoms with E-state index in [2.05, 4.69) is 10.00 Å². The van der Waals surface area contributed by atoms with Gasteiger partial charge in [-0.1, -0.05) is 19.1 Å². The van der Waals surface area contributed by atoms with Crippen LogP contribution in [0.25, 0.3) is 0 Å². The molecule has 1 aromatic carbocycles. The molecule has 0 spiro atoms. The average molecular weight is 319 g/mol. The van der Waals surface area contributed by atoms with E-state index < -0.39 is 9.84 Å². The number of sulfone groups is 1. The maximum atomic E-state index is 12.3. The molecule has 3 rings (SSSR count). The number of rotatable bonds is 4. The Morgan fingerprint density at radius 1 is 1.27 bits per heavy atom. The second kappa shape index (κ2) is 6.12. The number of anilines is 1. The summed E-state index contributed by atoms with van der Waals surface area (Å²) in [5.74, 6) is 0.125. The summed E-state index contributed by atoms with van der Waals surface area (Å²) in [5.41, 5.74) is 0.821. The van der Waals surface area contributed by atoms with Gasteiger partial charge >= 0.3 is 0 Å². The van der Waals surface area contributed by atoms with Crippen LogP contribution in [0.5, 0.6) is 0 Å². The van der Waals surface area contributed by atoms with Crippen LogP contribution in [0.2, 0.25) is 0 Å². The minimum Gasteiger partial charge on any atom is -0.368 e. The minimum absolute atomic E-state index is 0.125. The molecule has 1 aromatic heterocycles. The van der Waals surface area contributed by atoms with E-state index in [0.29, 0.717) is 10.9 Å². The summed E-state index contributed by atoms with van der Waals surface area (Å²) in [6, 6.07) is 9.54. The van der Waals surface area contributed by atoms with Crippen LogP contribution in [0.4, 0.5) is 5.69 Å². The molecule has 5 nitrogen and oxygen atoms in total. The first-order valence-electron chi connectivity index (χ1n) is 7.67. The largest absolute Gasteiger partial charge is 0.368 e. The van der Waals surface area contributed by atoms with Gasteiger partial charge in [0.2, 0.25) is 0 Å². The van der Waals surface area contributed by atoms with Crippen LogP contribution in [0.1, 0.15) is 25.8 Å². The number of piperidine rings is 1. The van der Waals surface area contributed by atoms with E-state index in [-0.39, 0.29) is 5.75 Å². The zero-order chi connectivity index (χ0) is 15.6. The fourth-order valence-electron chi connectivity index (χ4n) is 3.02. The van der Waals surface area contributed by atoms with Gasteiger partial charge in [0.1, 0.15) is 0 Å². The maximum absolute atomic E-state index is 12.3. The van der Waals surface area contributed by atoms with Crippen molar-refractivity contribution < 1.29 is 8.42 Å². The van der Waals surface area contributed by atoms with Crippen molar-refractivity contribution in [1.29, 1.82) is 0 Å². The van der Waals surface area contributed by atoms with Crippen molar-refractivity contribution in [1.82, 2.24) is 9.78 Å². The average Bonchev–Trinajstić information content (AvgIpc) is 3.09. The van der Waals surface area contributed by atoms with Gasteiger partial charge in [-0.05, 0) is 31.0 Å². The summed E-state index contributed by atoms with van der Waals surface area (Å²) < 4.78 is 26.6. The topological polar surface area (TPSA) is 55.2 Å². The predicted octanol–water partition coefficient (Wildman–Crippen LogP) is 2.52. The molecule has 0 radical (unpaired) electrons. The van der Waals surface area contributed by atoms with E-state index in [4.69, 9.17) is 0 Å². The first-order valence-corrected chi connectivity index (χ1v) is 9.33. The Balaban J connectivity index is 1.91. The molecular weight excluding hydrogens is 298 g/mol. The van der Waals surface area contributed by atoms with Crippen molar-refractivity contribution >= 4 is 15.5 Å². The molecule has 0 amide bonds. The first-order chi connectivity index (χ1) is 10.6. The Morgan fingerprint density at radius 2 is 2.09 bits per heavy atom. The van der Waals surface area contributed by atoms with Gasteiger partial charge in [-0.3, -0.25) is 4.68 Å². The molecule has 118 valence electrons. The lowest BCUT2D eigenvalue weighted by molar-refractivity contribution is 0.375. The van der Waals surface area contributed by atoms with Crippen LogP contribution >= 0.6 is 0 Å². The molecule has 0 saturated carbocycles. The van der Waals surface area contributed by atoms with Gasteiger partial charge in [-0.15, -0.1) is 0 Å². The summed E-state index contributed by atoms with van der Waals surface area (Å²) in [6.45, 7) is 3.36. The zero-order valence-corrected chi connectivity index (χ0v) is 13.5. The third-order valence-corrected chi connectivity index (χ3v) is 5.99. The van der Waals surface area contributed by atoms with E-state index in [1.807, 2.05) is 29.1 Å². The van der Waals surface area contributed by atoms with E-state index in [0.717, 1.165) is 31.6 Å². The number of aromatic nitrogens is 2. The summed E-state index contributed by atoms with van der Waals surface area (Å²) in [7, 11) is -3.21. The van der Waals surface area contributed by atoms with Crippen LogP contribution in [0, 0.1) is 0 Å². The molecule has 2 aromatic rings. The summed E-state index contributed by atoms with van der Waals surface area (Å²) in [6.07, 6.45) is 5.86. The Morgan fingerprint density at radius 3 is 2.82 bits per heavy atom. The quantitative estimate of drug-likeness (QED) is 0.869. The Hall–Kier alpha value is -1.82. The molecule has 1 aliphatic rings. The van der Waals surface area contributed by atoms with Gasteiger partial charge < -0.3 is 4.90 Å². The second-order valence-electron chi connectivity index (χ2n) is 5.60. The third kappa shape index (κ3) is 2.88. The van der Waals surface area contributed by atoms with Gasteiger partial charge in [0.25, 0.3) is 0 Å². The van der Waals surface area contributed by atoms with Crippen molar-refractivity contribution in [3.8, 4) is 0 Å². The van der Waals surface area contributed by atoms with Gasteiger partial charge in [-0.25, -0.2) is 8.42 Å². The molecule has 6 heteroatoms. The van der Waals surface area contributed by atoms with Crippen LogP contribution in [-0.4, -0.2) is 37.0 Å². The Kier molecular flexibility index (Phi) is 4.20. The summed E-state index contributed by atoms with van der Waals surface area (Å²) in [5, 5.41) is 4.33. The molecule has 0 aliphatic carbocycles. The smallest absolute Gasteiger partial charge is 0.180 e. The van der Waals surface area contributed by atoms with Crippen molar-refractivity contribution in [2.45, 2.75) is 30.7 Å². The molecule has 1 saturated heterocycles. The number of para-hydroxylation sites is 1. The van der Waals surface area contributed by atoms with Crippen molar-refractivity contribution in [2.24, 2.45) is 0 Å². The third-order valence-electron chi connectivity index (χ3n) is 4.22. The predicted molar refractivity (Wildman–Crippen MR) is 86.9 cm³/mol. The van der Waals surface area contributed by atoms with Gasteiger partial charge in [0.15, 0.2) is 9.84 Å². The molecule has 0 N–H and O–H groups in total. The molecule has 0 unspecified atom stereocenters. The van der Waals surface area contributed by atoms with Crippen molar-refractivity contribution in [3.05, 3.63) is 42.7 Å². The second-order valence-corrected chi connectivity index (χ2v) is 7.85. The minimum atomic E-state index is -3.21. The molecule has 0 bridgehead atoms. The number of nitrogens with zero attached hydrogens (tertiary/aromatic N) is 3. The lowest BCUT2D eigenvalue weighted by Gasteiger charge is -2.35. The molecule has 1 aliphatic heterocycles. The van der Waals surface area contributed by atoms with E-state index in [1.165, 1.54) is 0 Å². The normalized spacial score (nSPS) is 19.3. The van der Waals surface area contributed by atoms with Gasteiger partial charge in [0.05, 0.1) is 22.4 Å². The molecule has 1 fully saturated rings. The van der Waals surface area contributed by atoms with Crippen molar-refractivity contribution in [2.75, 3.05) is 23.7 Å². The number of benzene rings is 1. The molecular formula is C16H21N3O2S. The highest BCUT2D eigenvalue weighted by molar-refractivity contribution is 7.91. The fourth-order valence-corrected chi connectivity index (χ4v) is 4.14. The van der Waals surface area contributed by atoms with Crippen LogP contribution in [0.15, 0.2) is 47.6 Å². The lowest BCUT2D eigenvalue weighted by Crippen LogP contribution is -2.37. The standard InChI is InChI=1S/C16H21N3O2S/c1-2-22(20,21)16-9-4-3-8-15(16)18-11-5-7-14(13-18)19-12-6-10-17-19/h3-4,6,8-10,12,14H,2,5,7,11,13H2,1H3/t14-/m1/s1. The first kappa shape index (κ1) is 15.1. The number of hydrogen-bond donors (Lipinski definition) is 0. The molecule has 22 heavy (non-hydrogen) atoms. The van der Waals surface area contributed by atoms with Crippen molar-refractivity contribution in [3.63, 3.8) is 0 Å².